The molecule has 1 heterocycles. The topological polar surface area (TPSA) is 74.7 Å². The first-order valence-electron chi connectivity index (χ1n) is 5.83. The average Bonchev–Trinajstić information content (AvgIpc) is 2.25. The molecule has 6 heteroatoms. The molecule has 0 saturated carbocycles. The lowest BCUT2D eigenvalue weighted by molar-refractivity contribution is 0.0695. The highest BCUT2D eigenvalue weighted by molar-refractivity contribution is 7.89. The van der Waals surface area contributed by atoms with Crippen LogP contribution >= 0.6 is 0 Å². The summed E-state index contributed by atoms with van der Waals surface area (Å²) in [5, 5.41) is 9.09. The Balaban J connectivity index is 2.46. The number of carboxylic acids is 1. The van der Waals surface area contributed by atoms with Gasteiger partial charge in [0.15, 0.2) is 0 Å². The van der Waals surface area contributed by atoms with Crippen molar-refractivity contribution in [1.29, 1.82) is 0 Å². The van der Waals surface area contributed by atoms with Crippen LogP contribution in [0.4, 0.5) is 0 Å². The van der Waals surface area contributed by atoms with Crippen molar-refractivity contribution in [3.8, 4) is 0 Å². The maximum absolute atomic E-state index is 12.1. The van der Waals surface area contributed by atoms with Gasteiger partial charge in [0.1, 0.15) is 0 Å². The van der Waals surface area contributed by atoms with Crippen LogP contribution in [0.15, 0.2) is 23.1 Å². The van der Waals surface area contributed by atoms with Gasteiger partial charge in [0.05, 0.1) is 10.5 Å². The van der Waals surface area contributed by atoms with Gasteiger partial charge in [-0.3, -0.25) is 0 Å². The number of hydrogen-bond donors (Lipinski definition) is 1. The van der Waals surface area contributed by atoms with E-state index in [1.165, 1.54) is 16.4 Å². The van der Waals surface area contributed by atoms with Crippen molar-refractivity contribution in [2.45, 2.75) is 24.7 Å². The highest BCUT2D eigenvalue weighted by Gasteiger charge is 2.30. The third-order valence-corrected chi connectivity index (χ3v) is 5.04. The zero-order valence-corrected chi connectivity index (χ0v) is 10.9. The molecule has 1 aromatic carbocycles. The van der Waals surface area contributed by atoms with E-state index in [-0.39, 0.29) is 10.5 Å². The summed E-state index contributed by atoms with van der Waals surface area (Å²) in [6.45, 7) is 2.87. The van der Waals surface area contributed by atoms with Crippen molar-refractivity contribution in [3.05, 3.63) is 29.3 Å². The van der Waals surface area contributed by atoms with Crippen LogP contribution in [-0.2, 0) is 16.4 Å². The predicted molar refractivity (Wildman–Crippen MR) is 66.2 cm³/mol. The Hall–Kier alpha value is -1.40. The van der Waals surface area contributed by atoms with E-state index in [1.807, 2.05) is 6.92 Å². The van der Waals surface area contributed by atoms with Crippen LogP contribution in [0.25, 0.3) is 0 Å². The SMILES string of the molecule is CCc1ccc(S(=O)(=O)N2CCC2)cc1C(=O)O. The van der Waals surface area contributed by atoms with E-state index in [1.54, 1.807) is 6.07 Å². The Bertz CT molecular complexity index is 576. The number of aromatic carboxylic acids is 1. The van der Waals surface area contributed by atoms with Crippen LogP contribution in [-0.4, -0.2) is 36.9 Å². The smallest absolute Gasteiger partial charge is 0.336 e. The van der Waals surface area contributed by atoms with E-state index < -0.39 is 16.0 Å². The van der Waals surface area contributed by atoms with Gasteiger partial charge in [0, 0.05) is 13.1 Å². The summed E-state index contributed by atoms with van der Waals surface area (Å²) in [6.07, 6.45) is 1.42. The largest absolute Gasteiger partial charge is 0.478 e. The Labute approximate surface area is 106 Å². The first kappa shape index (κ1) is 13.0. The van der Waals surface area contributed by atoms with Crippen LogP contribution in [0, 0.1) is 0 Å². The molecular weight excluding hydrogens is 254 g/mol. The summed E-state index contributed by atoms with van der Waals surface area (Å²) in [5.41, 5.74) is 0.712. The lowest BCUT2D eigenvalue weighted by Crippen LogP contribution is -2.41. The number of carbonyl (C=O) groups is 1. The van der Waals surface area contributed by atoms with E-state index in [4.69, 9.17) is 5.11 Å². The highest BCUT2D eigenvalue weighted by Crippen LogP contribution is 2.23. The Kier molecular flexibility index (Phi) is 3.41. The fourth-order valence-electron chi connectivity index (χ4n) is 1.90. The quantitative estimate of drug-likeness (QED) is 0.895. The number of nitrogens with zero attached hydrogens (tertiary/aromatic N) is 1. The van der Waals surface area contributed by atoms with Gasteiger partial charge >= 0.3 is 5.97 Å². The minimum absolute atomic E-state index is 0.0665. The van der Waals surface area contributed by atoms with Crippen molar-refractivity contribution in [2.24, 2.45) is 0 Å². The van der Waals surface area contributed by atoms with Gasteiger partial charge in [-0.2, -0.15) is 4.31 Å². The Morgan fingerprint density at radius 2 is 2.06 bits per heavy atom. The zero-order chi connectivity index (χ0) is 13.3. The third kappa shape index (κ3) is 2.13. The van der Waals surface area contributed by atoms with Gasteiger partial charge in [0.2, 0.25) is 10.0 Å². The van der Waals surface area contributed by atoms with Crippen molar-refractivity contribution >= 4 is 16.0 Å². The molecule has 18 heavy (non-hydrogen) atoms. The molecular formula is C12H15NO4S. The second-order valence-electron chi connectivity index (χ2n) is 4.24. The van der Waals surface area contributed by atoms with E-state index in [9.17, 15) is 13.2 Å². The van der Waals surface area contributed by atoms with Crippen molar-refractivity contribution < 1.29 is 18.3 Å². The minimum atomic E-state index is -3.51. The number of aryl methyl sites for hydroxylation is 1. The lowest BCUT2D eigenvalue weighted by Gasteiger charge is -2.29. The molecule has 1 fully saturated rings. The van der Waals surface area contributed by atoms with Crippen molar-refractivity contribution in [1.82, 2.24) is 4.31 Å². The molecule has 0 aliphatic carbocycles. The molecule has 0 radical (unpaired) electrons. The summed E-state index contributed by atoms with van der Waals surface area (Å²) in [4.78, 5) is 11.2. The molecule has 1 aliphatic rings. The van der Waals surface area contributed by atoms with Gasteiger partial charge in [-0.1, -0.05) is 13.0 Å². The Morgan fingerprint density at radius 3 is 2.50 bits per heavy atom. The molecule has 1 aromatic rings. The van der Waals surface area contributed by atoms with Gasteiger partial charge in [-0.25, -0.2) is 13.2 Å². The predicted octanol–water partition coefficient (Wildman–Crippen LogP) is 1.34. The molecule has 1 N–H and O–H groups in total. The first-order chi connectivity index (χ1) is 8.46. The maximum atomic E-state index is 12.1. The molecule has 5 nitrogen and oxygen atoms in total. The molecule has 0 spiro atoms. The van der Waals surface area contributed by atoms with E-state index >= 15 is 0 Å². The van der Waals surface area contributed by atoms with Crippen LogP contribution in [0.5, 0.6) is 0 Å². The van der Waals surface area contributed by atoms with Gasteiger partial charge in [-0.05, 0) is 30.5 Å². The van der Waals surface area contributed by atoms with Crippen molar-refractivity contribution in [2.75, 3.05) is 13.1 Å². The zero-order valence-electron chi connectivity index (χ0n) is 10.1. The van der Waals surface area contributed by atoms with Crippen LogP contribution in [0.1, 0.15) is 29.3 Å². The third-order valence-electron chi connectivity index (χ3n) is 3.15. The standard InChI is InChI=1S/C12H15NO4S/c1-2-9-4-5-10(8-11(9)12(14)15)18(16,17)13-6-3-7-13/h4-5,8H,2-3,6-7H2,1H3,(H,14,15). The molecule has 0 atom stereocenters. The van der Waals surface area contributed by atoms with Gasteiger partial charge < -0.3 is 5.11 Å². The maximum Gasteiger partial charge on any atom is 0.336 e. The number of sulfonamides is 1. The van der Waals surface area contributed by atoms with Crippen LogP contribution < -0.4 is 0 Å². The normalized spacial score (nSPS) is 16.3. The molecule has 0 bridgehead atoms. The van der Waals surface area contributed by atoms with Gasteiger partial charge in [0.25, 0.3) is 0 Å². The second-order valence-corrected chi connectivity index (χ2v) is 6.17. The van der Waals surface area contributed by atoms with Crippen LogP contribution in [0.2, 0.25) is 0 Å². The fourth-order valence-corrected chi connectivity index (χ4v) is 3.44. The monoisotopic (exact) mass is 269 g/mol. The lowest BCUT2D eigenvalue weighted by atomic mass is 10.1. The minimum Gasteiger partial charge on any atom is -0.478 e. The molecule has 0 unspecified atom stereocenters. The average molecular weight is 269 g/mol. The fraction of sp³-hybridized carbons (Fsp3) is 0.417. The Morgan fingerprint density at radius 1 is 1.39 bits per heavy atom. The molecule has 0 amide bonds. The highest BCUT2D eigenvalue weighted by atomic mass is 32.2. The second kappa shape index (κ2) is 4.70. The summed E-state index contributed by atoms with van der Waals surface area (Å²) in [6, 6.07) is 4.32. The molecule has 98 valence electrons. The summed E-state index contributed by atoms with van der Waals surface area (Å²) in [5.74, 6) is -1.09. The number of hydrogen-bond acceptors (Lipinski definition) is 3. The van der Waals surface area contributed by atoms with Crippen molar-refractivity contribution in [3.63, 3.8) is 0 Å². The number of benzene rings is 1. The molecule has 1 saturated heterocycles. The molecule has 2 rings (SSSR count). The summed E-state index contributed by atoms with van der Waals surface area (Å²) >= 11 is 0. The number of rotatable bonds is 4. The summed E-state index contributed by atoms with van der Waals surface area (Å²) in [7, 11) is -3.51. The van der Waals surface area contributed by atoms with Gasteiger partial charge in [-0.15, -0.1) is 0 Å². The van der Waals surface area contributed by atoms with E-state index in [0.717, 1.165) is 6.42 Å². The van der Waals surface area contributed by atoms with Crippen LogP contribution in [0.3, 0.4) is 0 Å². The first-order valence-corrected chi connectivity index (χ1v) is 7.27. The molecule has 0 aromatic heterocycles. The molecule has 1 aliphatic heterocycles. The van der Waals surface area contributed by atoms with E-state index in [0.29, 0.717) is 25.1 Å². The number of carboxylic acid groups (broad SMARTS) is 1. The van der Waals surface area contributed by atoms with E-state index in [2.05, 4.69) is 0 Å². The summed E-state index contributed by atoms with van der Waals surface area (Å²) < 4.78 is 25.6.